The Balaban J connectivity index is 2.02. The molecular weight excluding hydrogens is 176 g/mol. The predicted octanol–water partition coefficient (Wildman–Crippen LogP) is 0.509. The average molecular weight is 196 g/mol. The highest BCUT2D eigenvalue weighted by Crippen LogP contribution is 1.94. The monoisotopic (exact) mass is 196 g/mol. The Labute approximate surface area is 85.7 Å². The zero-order valence-electron chi connectivity index (χ0n) is 9.08. The zero-order valence-corrected chi connectivity index (χ0v) is 9.08. The second-order valence-electron chi connectivity index (χ2n) is 3.38. The van der Waals surface area contributed by atoms with Gasteiger partial charge in [-0.3, -0.25) is 0 Å². The van der Waals surface area contributed by atoms with Gasteiger partial charge in [0.1, 0.15) is 0 Å². The number of rotatable bonds is 7. The van der Waals surface area contributed by atoms with Crippen LogP contribution in [-0.4, -0.2) is 29.2 Å². The molecule has 1 aromatic heterocycles. The molecule has 0 aromatic carbocycles. The van der Waals surface area contributed by atoms with Crippen molar-refractivity contribution in [2.45, 2.75) is 19.9 Å². The standard InChI is InChI=1S/C10H20N4/c1-3-11-5-4-6-12-7-10-8-13-9-14(10)2/h8-9,11-12H,3-7H2,1-2H3. The number of nitrogens with one attached hydrogen (secondary N) is 2. The summed E-state index contributed by atoms with van der Waals surface area (Å²) in [7, 11) is 2.02. The van der Waals surface area contributed by atoms with Gasteiger partial charge in [-0.15, -0.1) is 0 Å². The van der Waals surface area contributed by atoms with Gasteiger partial charge in [0.2, 0.25) is 0 Å². The van der Waals surface area contributed by atoms with Crippen molar-refractivity contribution in [1.82, 2.24) is 20.2 Å². The van der Waals surface area contributed by atoms with Crippen molar-refractivity contribution in [3.05, 3.63) is 18.2 Å². The van der Waals surface area contributed by atoms with Crippen LogP contribution in [-0.2, 0) is 13.6 Å². The van der Waals surface area contributed by atoms with Crippen LogP contribution >= 0.6 is 0 Å². The fraction of sp³-hybridized carbons (Fsp3) is 0.700. The largest absolute Gasteiger partial charge is 0.337 e. The molecule has 2 N–H and O–H groups in total. The maximum atomic E-state index is 4.06. The summed E-state index contributed by atoms with van der Waals surface area (Å²) in [5, 5.41) is 6.68. The molecular formula is C10H20N4. The van der Waals surface area contributed by atoms with E-state index in [0.717, 1.165) is 26.2 Å². The van der Waals surface area contributed by atoms with Gasteiger partial charge in [0.15, 0.2) is 0 Å². The summed E-state index contributed by atoms with van der Waals surface area (Å²) in [5.74, 6) is 0. The first-order valence-electron chi connectivity index (χ1n) is 5.21. The highest BCUT2D eigenvalue weighted by Gasteiger charge is 1.96. The highest BCUT2D eigenvalue weighted by atomic mass is 15.0. The van der Waals surface area contributed by atoms with Crippen molar-refractivity contribution in [2.24, 2.45) is 7.05 Å². The molecule has 80 valence electrons. The number of hydrogen-bond acceptors (Lipinski definition) is 3. The zero-order chi connectivity index (χ0) is 10.2. The molecule has 1 heterocycles. The summed E-state index contributed by atoms with van der Waals surface area (Å²) in [4.78, 5) is 4.06. The van der Waals surface area contributed by atoms with Crippen molar-refractivity contribution in [3.63, 3.8) is 0 Å². The Morgan fingerprint density at radius 3 is 2.79 bits per heavy atom. The smallest absolute Gasteiger partial charge is 0.0945 e. The third-order valence-corrected chi connectivity index (χ3v) is 2.18. The van der Waals surface area contributed by atoms with E-state index in [1.54, 1.807) is 0 Å². The van der Waals surface area contributed by atoms with E-state index in [1.807, 2.05) is 24.1 Å². The summed E-state index contributed by atoms with van der Waals surface area (Å²) < 4.78 is 2.04. The fourth-order valence-corrected chi connectivity index (χ4v) is 1.29. The van der Waals surface area contributed by atoms with E-state index in [4.69, 9.17) is 0 Å². The van der Waals surface area contributed by atoms with E-state index in [1.165, 1.54) is 12.1 Å². The van der Waals surface area contributed by atoms with Gasteiger partial charge >= 0.3 is 0 Å². The first-order valence-corrected chi connectivity index (χ1v) is 5.21. The Morgan fingerprint density at radius 2 is 2.14 bits per heavy atom. The van der Waals surface area contributed by atoms with E-state index in [9.17, 15) is 0 Å². The van der Waals surface area contributed by atoms with Gasteiger partial charge in [0.25, 0.3) is 0 Å². The Morgan fingerprint density at radius 1 is 1.36 bits per heavy atom. The first-order chi connectivity index (χ1) is 6.84. The molecule has 0 aliphatic carbocycles. The Hall–Kier alpha value is -0.870. The van der Waals surface area contributed by atoms with E-state index < -0.39 is 0 Å². The van der Waals surface area contributed by atoms with Crippen LogP contribution < -0.4 is 10.6 Å². The summed E-state index contributed by atoms with van der Waals surface area (Å²) in [6, 6.07) is 0. The van der Waals surface area contributed by atoms with Gasteiger partial charge in [-0.05, 0) is 26.1 Å². The summed E-state index contributed by atoms with van der Waals surface area (Å²) in [6.07, 6.45) is 4.90. The molecule has 0 aliphatic rings. The van der Waals surface area contributed by atoms with Crippen LogP contribution in [0, 0.1) is 0 Å². The molecule has 0 radical (unpaired) electrons. The van der Waals surface area contributed by atoms with Gasteiger partial charge in [-0.2, -0.15) is 0 Å². The van der Waals surface area contributed by atoms with Crippen molar-refractivity contribution < 1.29 is 0 Å². The van der Waals surface area contributed by atoms with Gasteiger partial charge in [0, 0.05) is 19.8 Å². The Bertz CT molecular complexity index is 244. The Kier molecular flexibility index (Phi) is 5.25. The maximum Gasteiger partial charge on any atom is 0.0945 e. The van der Waals surface area contributed by atoms with Crippen molar-refractivity contribution in [2.75, 3.05) is 19.6 Å². The van der Waals surface area contributed by atoms with Crippen molar-refractivity contribution in [3.8, 4) is 0 Å². The molecule has 0 unspecified atom stereocenters. The molecule has 0 amide bonds. The lowest BCUT2D eigenvalue weighted by atomic mass is 10.4. The quantitative estimate of drug-likeness (QED) is 0.624. The molecule has 0 spiro atoms. The summed E-state index contributed by atoms with van der Waals surface area (Å²) in [6.45, 7) is 6.24. The first kappa shape index (κ1) is 11.2. The SMILES string of the molecule is CCNCCCNCc1cncn1C. The number of nitrogens with zero attached hydrogens (tertiary/aromatic N) is 2. The van der Waals surface area contributed by atoms with E-state index >= 15 is 0 Å². The summed E-state index contributed by atoms with van der Waals surface area (Å²) in [5.41, 5.74) is 1.23. The minimum Gasteiger partial charge on any atom is -0.337 e. The van der Waals surface area contributed by atoms with Gasteiger partial charge in [-0.25, -0.2) is 4.98 Å². The van der Waals surface area contributed by atoms with Crippen molar-refractivity contribution in [1.29, 1.82) is 0 Å². The molecule has 0 bridgehead atoms. The molecule has 4 heteroatoms. The van der Waals surface area contributed by atoms with E-state index in [0.29, 0.717) is 0 Å². The molecule has 0 saturated carbocycles. The van der Waals surface area contributed by atoms with Gasteiger partial charge in [0.05, 0.1) is 12.0 Å². The molecule has 1 rings (SSSR count). The van der Waals surface area contributed by atoms with Crippen LogP contribution in [0.2, 0.25) is 0 Å². The molecule has 0 fully saturated rings. The van der Waals surface area contributed by atoms with Crippen LogP contribution in [0.5, 0.6) is 0 Å². The third kappa shape index (κ3) is 3.89. The van der Waals surface area contributed by atoms with Gasteiger partial charge < -0.3 is 15.2 Å². The van der Waals surface area contributed by atoms with Crippen LogP contribution in [0.25, 0.3) is 0 Å². The molecule has 1 aromatic rings. The lowest BCUT2D eigenvalue weighted by Crippen LogP contribution is -2.22. The lowest BCUT2D eigenvalue weighted by molar-refractivity contribution is 0.593. The minimum absolute atomic E-state index is 0.905. The molecule has 0 atom stereocenters. The average Bonchev–Trinajstić information content (AvgIpc) is 2.58. The molecule has 14 heavy (non-hydrogen) atoms. The van der Waals surface area contributed by atoms with Crippen LogP contribution in [0.4, 0.5) is 0 Å². The second-order valence-corrected chi connectivity index (χ2v) is 3.38. The third-order valence-electron chi connectivity index (χ3n) is 2.18. The fourth-order valence-electron chi connectivity index (χ4n) is 1.29. The van der Waals surface area contributed by atoms with Crippen LogP contribution in [0.1, 0.15) is 19.0 Å². The topological polar surface area (TPSA) is 41.9 Å². The molecule has 0 aliphatic heterocycles. The van der Waals surface area contributed by atoms with Crippen LogP contribution in [0.3, 0.4) is 0 Å². The van der Waals surface area contributed by atoms with Gasteiger partial charge in [-0.1, -0.05) is 6.92 Å². The van der Waals surface area contributed by atoms with E-state index in [2.05, 4.69) is 22.5 Å². The van der Waals surface area contributed by atoms with Crippen LogP contribution in [0.15, 0.2) is 12.5 Å². The number of hydrogen-bond donors (Lipinski definition) is 2. The lowest BCUT2D eigenvalue weighted by Gasteiger charge is -2.05. The number of aryl methyl sites for hydroxylation is 1. The predicted molar refractivity (Wildman–Crippen MR) is 58.1 cm³/mol. The maximum absolute atomic E-state index is 4.06. The normalized spacial score (nSPS) is 10.7. The number of imidazole rings is 1. The summed E-state index contributed by atoms with van der Waals surface area (Å²) >= 11 is 0. The number of aromatic nitrogens is 2. The molecule has 4 nitrogen and oxygen atoms in total. The minimum atomic E-state index is 0.905. The van der Waals surface area contributed by atoms with E-state index in [-0.39, 0.29) is 0 Å². The van der Waals surface area contributed by atoms with Crippen molar-refractivity contribution >= 4 is 0 Å². The second kappa shape index (κ2) is 6.56. The molecule has 0 saturated heterocycles. The highest BCUT2D eigenvalue weighted by molar-refractivity contribution is 4.96.